The topological polar surface area (TPSA) is 74.9 Å². The van der Waals surface area contributed by atoms with Gasteiger partial charge in [0.1, 0.15) is 10.7 Å². The average molecular weight is 495 g/mol. The van der Waals surface area contributed by atoms with E-state index in [9.17, 15) is 0 Å². The van der Waals surface area contributed by atoms with Gasteiger partial charge < -0.3 is 0 Å². The van der Waals surface area contributed by atoms with Crippen LogP contribution in [0.25, 0.3) is 21.8 Å². The molecular weight excluding hydrogens is 472 g/mol. The zero-order chi connectivity index (χ0) is 24.0. The van der Waals surface area contributed by atoms with E-state index in [1.165, 1.54) is 11.3 Å². The van der Waals surface area contributed by atoms with Crippen LogP contribution in [0.5, 0.6) is 0 Å². The highest BCUT2D eigenvalue weighted by Gasteiger charge is 2.15. The summed E-state index contributed by atoms with van der Waals surface area (Å²) in [7, 11) is 0. The number of azo groups is 1. The van der Waals surface area contributed by atoms with E-state index in [1.807, 2.05) is 92.7 Å². The van der Waals surface area contributed by atoms with Gasteiger partial charge in [0.05, 0.1) is 22.0 Å². The van der Waals surface area contributed by atoms with Gasteiger partial charge in [0.25, 0.3) is 0 Å². The van der Waals surface area contributed by atoms with E-state index in [-0.39, 0.29) is 0 Å². The first-order valence-corrected chi connectivity index (χ1v) is 12.7. The van der Waals surface area contributed by atoms with Crippen molar-refractivity contribution >= 4 is 44.2 Å². The summed E-state index contributed by atoms with van der Waals surface area (Å²) in [5.41, 5.74) is 8.57. The smallest absolute Gasteiger partial charge is 0.206 e. The molecule has 1 N–H and O–H groups in total. The first-order chi connectivity index (χ1) is 17.2. The quantitative estimate of drug-likeness (QED) is 0.140. The minimum absolute atomic E-state index is 0.649. The SMILES string of the molecule is C/C(=N\Nc1nc(-c2ccccc2)c(N=Nc2ccccc2)s1)c1sc(-c2ccccc2)nc1C. The van der Waals surface area contributed by atoms with Crippen molar-refractivity contribution in [3.8, 4) is 21.8 Å². The molecule has 0 radical (unpaired) electrons. The Morgan fingerprint density at radius 2 is 1.37 bits per heavy atom. The molecule has 0 fully saturated rings. The number of rotatable bonds is 7. The fourth-order valence-corrected chi connectivity index (χ4v) is 5.20. The van der Waals surface area contributed by atoms with Gasteiger partial charge in [0.2, 0.25) is 5.13 Å². The highest BCUT2D eigenvalue weighted by Crippen LogP contribution is 2.39. The number of aromatic nitrogens is 2. The maximum absolute atomic E-state index is 4.77. The molecule has 3 aromatic carbocycles. The Labute approximate surface area is 211 Å². The summed E-state index contributed by atoms with van der Waals surface area (Å²) in [4.78, 5) is 10.5. The van der Waals surface area contributed by atoms with Crippen LogP contribution in [0, 0.1) is 6.92 Å². The Hall–Kier alpha value is -4.01. The zero-order valence-corrected chi connectivity index (χ0v) is 20.8. The number of benzene rings is 3. The number of hydrogen-bond acceptors (Lipinski definition) is 8. The van der Waals surface area contributed by atoms with Crippen LogP contribution < -0.4 is 5.43 Å². The van der Waals surface area contributed by atoms with E-state index in [2.05, 4.69) is 32.9 Å². The van der Waals surface area contributed by atoms with Crippen LogP contribution in [0.1, 0.15) is 17.5 Å². The molecule has 172 valence electrons. The molecule has 5 aromatic rings. The van der Waals surface area contributed by atoms with Gasteiger partial charge in [-0.2, -0.15) is 5.10 Å². The average Bonchev–Trinajstić information content (AvgIpc) is 3.51. The maximum Gasteiger partial charge on any atom is 0.206 e. The molecule has 0 bridgehead atoms. The van der Waals surface area contributed by atoms with E-state index >= 15 is 0 Å². The third kappa shape index (κ3) is 5.40. The lowest BCUT2D eigenvalue weighted by atomic mass is 10.2. The Morgan fingerprint density at radius 1 is 0.743 bits per heavy atom. The number of thiazole rings is 2. The van der Waals surface area contributed by atoms with Gasteiger partial charge in [0.15, 0.2) is 5.00 Å². The monoisotopic (exact) mass is 494 g/mol. The summed E-state index contributed by atoms with van der Waals surface area (Å²) in [6, 6.07) is 29.8. The van der Waals surface area contributed by atoms with Crippen LogP contribution in [0.4, 0.5) is 15.8 Å². The first kappa shape index (κ1) is 22.8. The highest BCUT2D eigenvalue weighted by atomic mass is 32.1. The molecule has 0 amide bonds. The van der Waals surface area contributed by atoms with Crippen molar-refractivity contribution in [1.82, 2.24) is 9.97 Å². The molecule has 0 spiro atoms. The molecule has 0 saturated carbocycles. The Bertz CT molecular complexity index is 1470. The molecule has 35 heavy (non-hydrogen) atoms. The molecule has 0 atom stereocenters. The lowest BCUT2D eigenvalue weighted by molar-refractivity contribution is 1.23. The fourth-order valence-electron chi connectivity index (χ4n) is 3.43. The van der Waals surface area contributed by atoms with Crippen LogP contribution in [0.2, 0.25) is 0 Å². The van der Waals surface area contributed by atoms with Gasteiger partial charge >= 0.3 is 0 Å². The van der Waals surface area contributed by atoms with E-state index < -0.39 is 0 Å². The second kappa shape index (κ2) is 10.5. The lowest BCUT2D eigenvalue weighted by Crippen LogP contribution is -1.99. The van der Waals surface area contributed by atoms with Crippen LogP contribution in [0.3, 0.4) is 0 Å². The van der Waals surface area contributed by atoms with Gasteiger partial charge in [-0.15, -0.1) is 21.6 Å². The molecule has 8 heteroatoms. The fraction of sp³-hybridized carbons (Fsp3) is 0.0741. The lowest BCUT2D eigenvalue weighted by Gasteiger charge is -1.99. The Morgan fingerprint density at radius 3 is 2.06 bits per heavy atom. The highest BCUT2D eigenvalue weighted by molar-refractivity contribution is 7.19. The molecule has 2 aromatic heterocycles. The predicted molar refractivity (Wildman–Crippen MR) is 146 cm³/mol. The first-order valence-electron chi connectivity index (χ1n) is 11.0. The normalized spacial score (nSPS) is 11.8. The second-order valence-corrected chi connectivity index (χ2v) is 9.66. The summed E-state index contributed by atoms with van der Waals surface area (Å²) >= 11 is 3.05. The van der Waals surface area contributed by atoms with Crippen molar-refractivity contribution < 1.29 is 0 Å². The van der Waals surface area contributed by atoms with Gasteiger partial charge in [-0.25, -0.2) is 9.97 Å². The molecule has 0 saturated heterocycles. The number of anilines is 1. The van der Waals surface area contributed by atoms with Gasteiger partial charge in [-0.05, 0) is 26.0 Å². The number of hydrazone groups is 1. The number of hydrogen-bond donors (Lipinski definition) is 1. The van der Waals surface area contributed by atoms with Crippen LogP contribution in [-0.4, -0.2) is 15.7 Å². The van der Waals surface area contributed by atoms with E-state index in [0.29, 0.717) is 5.13 Å². The Balaban J connectivity index is 1.42. The number of nitrogens with one attached hydrogen (secondary N) is 1. The third-order valence-corrected chi connectivity index (χ3v) is 7.29. The molecule has 0 aliphatic carbocycles. The summed E-state index contributed by atoms with van der Waals surface area (Å²) in [6.45, 7) is 3.99. The van der Waals surface area contributed by atoms with E-state index in [0.717, 1.165) is 48.8 Å². The predicted octanol–water partition coefficient (Wildman–Crippen LogP) is 8.49. The minimum atomic E-state index is 0.649. The molecule has 6 nitrogen and oxygen atoms in total. The molecule has 0 aliphatic rings. The van der Waals surface area contributed by atoms with Crippen molar-refractivity contribution in [2.24, 2.45) is 15.3 Å². The molecule has 2 heterocycles. The van der Waals surface area contributed by atoms with Crippen LogP contribution in [0.15, 0.2) is 106 Å². The largest absolute Gasteiger partial charge is 0.252 e. The zero-order valence-electron chi connectivity index (χ0n) is 19.2. The molecule has 0 unspecified atom stereocenters. The van der Waals surface area contributed by atoms with E-state index in [4.69, 9.17) is 9.97 Å². The second-order valence-electron chi connectivity index (χ2n) is 7.68. The minimum Gasteiger partial charge on any atom is -0.252 e. The van der Waals surface area contributed by atoms with Crippen molar-refractivity contribution in [3.63, 3.8) is 0 Å². The van der Waals surface area contributed by atoms with Crippen LogP contribution in [-0.2, 0) is 0 Å². The summed E-state index contributed by atoms with van der Waals surface area (Å²) < 4.78 is 0. The summed E-state index contributed by atoms with van der Waals surface area (Å²) in [5.74, 6) is 0. The van der Waals surface area contributed by atoms with Crippen molar-refractivity contribution in [2.75, 3.05) is 5.43 Å². The number of aryl methyl sites for hydroxylation is 1. The molecular formula is C27H22N6S2. The third-order valence-electron chi connectivity index (χ3n) is 5.13. The van der Waals surface area contributed by atoms with Crippen molar-refractivity contribution in [3.05, 3.63) is 102 Å². The van der Waals surface area contributed by atoms with Crippen molar-refractivity contribution in [2.45, 2.75) is 13.8 Å². The Kier molecular flexibility index (Phi) is 6.83. The van der Waals surface area contributed by atoms with Crippen molar-refractivity contribution in [1.29, 1.82) is 0 Å². The standard InChI is InChI=1S/C27H22N6S2/c1-18-24(34-25(28-18)21-14-8-4-9-15-21)19(2)30-33-27-29-23(20-12-6-3-7-13-20)26(35-27)32-31-22-16-10-5-11-17-22/h3-17H,1-2H3,(H,29,33)/b30-19+,32-31?. The summed E-state index contributed by atoms with van der Waals surface area (Å²) in [5, 5.41) is 15.8. The molecule has 5 rings (SSSR count). The number of nitrogens with zero attached hydrogens (tertiary/aromatic N) is 5. The molecule has 0 aliphatic heterocycles. The summed E-state index contributed by atoms with van der Waals surface area (Å²) in [6.07, 6.45) is 0. The van der Waals surface area contributed by atoms with E-state index in [1.54, 1.807) is 11.3 Å². The van der Waals surface area contributed by atoms with Crippen LogP contribution >= 0.6 is 22.7 Å². The maximum atomic E-state index is 4.77. The van der Waals surface area contributed by atoms with Gasteiger partial charge in [-0.3, -0.25) is 5.43 Å². The van der Waals surface area contributed by atoms with Gasteiger partial charge in [0, 0.05) is 11.1 Å². The van der Waals surface area contributed by atoms with Gasteiger partial charge in [-0.1, -0.05) is 90.2 Å².